The summed E-state index contributed by atoms with van der Waals surface area (Å²) in [6.45, 7) is 6.58. The fraction of sp³-hybridized carbons (Fsp3) is 0.933. The van der Waals surface area contributed by atoms with Crippen LogP contribution in [0, 0.1) is 11.8 Å². The lowest BCUT2D eigenvalue weighted by Gasteiger charge is -2.28. The second-order valence-corrected chi connectivity index (χ2v) is 6.41. The number of nitrogens with two attached hydrogens (primary N) is 1. The van der Waals surface area contributed by atoms with Crippen molar-refractivity contribution in [2.45, 2.75) is 51.5 Å². The lowest BCUT2D eigenvalue weighted by Crippen LogP contribution is -2.45. The van der Waals surface area contributed by atoms with Crippen molar-refractivity contribution >= 4 is 5.91 Å². The molecule has 2 aliphatic rings. The number of hydrogen-bond acceptors (Lipinski definition) is 3. The Kier molecular flexibility index (Phi) is 5.64. The first-order valence-corrected chi connectivity index (χ1v) is 7.92. The summed E-state index contributed by atoms with van der Waals surface area (Å²) in [4.78, 5) is 14.6. The predicted octanol–water partition coefficient (Wildman–Crippen LogP) is 1.35. The molecule has 0 spiro atoms. The summed E-state index contributed by atoms with van der Waals surface area (Å²) in [7, 11) is 0. The molecule has 1 aliphatic carbocycles. The average molecular weight is 267 g/mol. The van der Waals surface area contributed by atoms with Gasteiger partial charge in [-0.1, -0.05) is 19.8 Å². The number of hydrogen-bond donors (Lipinski definition) is 2. The van der Waals surface area contributed by atoms with Crippen LogP contribution in [0.2, 0.25) is 0 Å². The van der Waals surface area contributed by atoms with Crippen molar-refractivity contribution in [3.8, 4) is 0 Å². The first-order chi connectivity index (χ1) is 9.16. The fourth-order valence-electron chi connectivity index (χ4n) is 3.36. The third-order valence-corrected chi connectivity index (χ3v) is 4.55. The van der Waals surface area contributed by atoms with Crippen molar-refractivity contribution in [3.63, 3.8) is 0 Å². The molecule has 3 atom stereocenters. The Balaban J connectivity index is 1.67. The number of amides is 1. The molecule has 19 heavy (non-hydrogen) atoms. The first-order valence-electron chi connectivity index (χ1n) is 7.92. The maximum Gasteiger partial charge on any atom is 0.224 e. The van der Waals surface area contributed by atoms with Crippen LogP contribution in [0.25, 0.3) is 0 Å². The Hall–Kier alpha value is -0.610. The van der Waals surface area contributed by atoms with Gasteiger partial charge in [0.25, 0.3) is 0 Å². The Bertz CT molecular complexity index is 289. The number of nitrogens with zero attached hydrogens (tertiary/aromatic N) is 1. The summed E-state index contributed by atoms with van der Waals surface area (Å²) in [6.07, 6.45) is 6.95. The molecule has 4 nitrogen and oxygen atoms in total. The molecule has 0 aromatic heterocycles. The third-order valence-electron chi connectivity index (χ3n) is 4.55. The van der Waals surface area contributed by atoms with Gasteiger partial charge in [-0.3, -0.25) is 4.79 Å². The monoisotopic (exact) mass is 267 g/mol. The Labute approximate surface area is 117 Å². The van der Waals surface area contributed by atoms with Gasteiger partial charge in [-0.05, 0) is 44.7 Å². The maximum atomic E-state index is 12.1. The van der Waals surface area contributed by atoms with E-state index in [9.17, 15) is 4.79 Å². The standard InChI is InChI=1S/C15H29N3O/c1-12(11-18-8-4-5-9-18)10-17-15(19)13-6-2-3-7-14(13)16/h12-14H,2-11,16H2,1H3,(H,17,19). The van der Waals surface area contributed by atoms with Gasteiger partial charge in [0.05, 0.1) is 5.92 Å². The Morgan fingerprint density at radius 3 is 2.63 bits per heavy atom. The highest BCUT2D eigenvalue weighted by atomic mass is 16.1. The van der Waals surface area contributed by atoms with Crippen molar-refractivity contribution in [1.82, 2.24) is 10.2 Å². The zero-order valence-electron chi connectivity index (χ0n) is 12.2. The average Bonchev–Trinajstić information content (AvgIpc) is 2.89. The minimum absolute atomic E-state index is 0.0488. The van der Waals surface area contributed by atoms with Gasteiger partial charge in [0.2, 0.25) is 5.91 Å². The van der Waals surface area contributed by atoms with E-state index in [0.29, 0.717) is 5.92 Å². The van der Waals surface area contributed by atoms with Gasteiger partial charge in [-0.2, -0.15) is 0 Å². The molecule has 1 aliphatic heterocycles. The van der Waals surface area contributed by atoms with E-state index in [4.69, 9.17) is 5.73 Å². The lowest BCUT2D eigenvalue weighted by atomic mass is 9.84. The van der Waals surface area contributed by atoms with Crippen molar-refractivity contribution in [1.29, 1.82) is 0 Å². The minimum Gasteiger partial charge on any atom is -0.355 e. The summed E-state index contributed by atoms with van der Waals surface area (Å²) in [5.74, 6) is 0.759. The normalized spacial score (nSPS) is 30.2. The van der Waals surface area contributed by atoms with Crippen LogP contribution >= 0.6 is 0 Å². The van der Waals surface area contributed by atoms with Crippen LogP contribution < -0.4 is 11.1 Å². The number of carbonyl (C=O) groups excluding carboxylic acids is 1. The zero-order chi connectivity index (χ0) is 13.7. The van der Waals surface area contributed by atoms with Crippen molar-refractivity contribution < 1.29 is 4.79 Å². The Morgan fingerprint density at radius 2 is 1.95 bits per heavy atom. The van der Waals surface area contributed by atoms with Crippen LogP contribution in [0.3, 0.4) is 0 Å². The number of rotatable bonds is 5. The molecular formula is C15H29N3O. The van der Waals surface area contributed by atoms with E-state index in [1.807, 2.05) is 0 Å². The molecule has 1 amide bonds. The van der Waals surface area contributed by atoms with Gasteiger partial charge in [0.15, 0.2) is 0 Å². The highest BCUT2D eigenvalue weighted by Crippen LogP contribution is 2.23. The van der Waals surface area contributed by atoms with Gasteiger partial charge in [-0.25, -0.2) is 0 Å². The van der Waals surface area contributed by atoms with E-state index < -0.39 is 0 Å². The SMILES string of the molecule is CC(CNC(=O)C1CCCCC1N)CN1CCCC1. The molecule has 110 valence electrons. The molecule has 0 bridgehead atoms. The first kappa shape index (κ1) is 14.8. The van der Waals surface area contributed by atoms with E-state index >= 15 is 0 Å². The molecule has 2 rings (SSSR count). The zero-order valence-corrected chi connectivity index (χ0v) is 12.2. The van der Waals surface area contributed by atoms with E-state index in [2.05, 4.69) is 17.1 Å². The highest BCUT2D eigenvalue weighted by Gasteiger charge is 2.28. The molecule has 3 unspecified atom stereocenters. The Morgan fingerprint density at radius 1 is 1.26 bits per heavy atom. The molecule has 2 fully saturated rings. The van der Waals surface area contributed by atoms with Gasteiger partial charge in [0.1, 0.15) is 0 Å². The van der Waals surface area contributed by atoms with Crippen LogP contribution in [0.4, 0.5) is 0 Å². The van der Waals surface area contributed by atoms with Crippen molar-refractivity contribution in [2.24, 2.45) is 17.6 Å². The highest BCUT2D eigenvalue weighted by molar-refractivity contribution is 5.79. The van der Waals surface area contributed by atoms with Crippen LogP contribution in [0.1, 0.15) is 45.4 Å². The molecule has 0 radical (unpaired) electrons. The summed E-state index contributed by atoms with van der Waals surface area (Å²) in [5.41, 5.74) is 6.05. The quantitative estimate of drug-likeness (QED) is 0.790. The topological polar surface area (TPSA) is 58.4 Å². The molecule has 0 aromatic carbocycles. The minimum atomic E-state index is 0.0488. The maximum absolute atomic E-state index is 12.1. The molecular weight excluding hydrogens is 238 g/mol. The van der Waals surface area contributed by atoms with Crippen LogP contribution in [-0.4, -0.2) is 43.0 Å². The van der Waals surface area contributed by atoms with Crippen LogP contribution in [0.5, 0.6) is 0 Å². The number of likely N-dealkylation sites (tertiary alicyclic amines) is 1. The molecule has 4 heteroatoms. The summed E-state index contributed by atoms with van der Waals surface area (Å²) in [5, 5.41) is 3.11. The van der Waals surface area contributed by atoms with E-state index in [0.717, 1.165) is 32.4 Å². The van der Waals surface area contributed by atoms with Gasteiger partial charge < -0.3 is 16.0 Å². The van der Waals surface area contributed by atoms with Crippen LogP contribution in [0.15, 0.2) is 0 Å². The van der Waals surface area contributed by atoms with E-state index in [1.54, 1.807) is 0 Å². The third kappa shape index (κ3) is 4.46. The van der Waals surface area contributed by atoms with Crippen molar-refractivity contribution in [3.05, 3.63) is 0 Å². The molecule has 1 saturated heterocycles. The van der Waals surface area contributed by atoms with Gasteiger partial charge in [0, 0.05) is 19.1 Å². The summed E-state index contributed by atoms with van der Waals surface area (Å²) < 4.78 is 0. The molecule has 1 saturated carbocycles. The van der Waals surface area contributed by atoms with Gasteiger partial charge >= 0.3 is 0 Å². The summed E-state index contributed by atoms with van der Waals surface area (Å²) in [6, 6.07) is 0.0719. The van der Waals surface area contributed by atoms with Crippen LogP contribution in [-0.2, 0) is 4.79 Å². The summed E-state index contributed by atoms with van der Waals surface area (Å²) >= 11 is 0. The lowest BCUT2D eigenvalue weighted by molar-refractivity contribution is -0.126. The van der Waals surface area contributed by atoms with E-state index in [-0.39, 0.29) is 17.9 Å². The van der Waals surface area contributed by atoms with Gasteiger partial charge in [-0.15, -0.1) is 0 Å². The number of carbonyl (C=O) groups is 1. The predicted molar refractivity (Wildman–Crippen MR) is 77.8 cm³/mol. The van der Waals surface area contributed by atoms with E-state index in [1.165, 1.54) is 32.4 Å². The largest absolute Gasteiger partial charge is 0.355 e. The second kappa shape index (κ2) is 7.25. The smallest absolute Gasteiger partial charge is 0.224 e. The van der Waals surface area contributed by atoms with Crippen molar-refractivity contribution in [2.75, 3.05) is 26.2 Å². The molecule has 0 aromatic rings. The molecule has 3 N–H and O–H groups in total. The second-order valence-electron chi connectivity index (χ2n) is 6.41. The number of nitrogens with one attached hydrogen (secondary N) is 1. The fourth-order valence-corrected chi connectivity index (χ4v) is 3.36. The molecule has 1 heterocycles.